The van der Waals surface area contributed by atoms with Gasteiger partial charge in [-0.15, -0.1) is 0 Å². The van der Waals surface area contributed by atoms with Crippen molar-refractivity contribution in [1.82, 2.24) is 0 Å². The summed E-state index contributed by atoms with van der Waals surface area (Å²) in [7, 11) is 0. The third kappa shape index (κ3) is 7.92. The fraction of sp³-hybridized carbons (Fsp3) is 0.889. The first-order chi connectivity index (χ1) is 5.66. The lowest BCUT2D eigenvalue weighted by Gasteiger charge is -2.06. The molecular weight excluding hydrogens is 172 g/mol. The van der Waals surface area contributed by atoms with Crippen LogP contribution in [0.15, 0.2) is 0 Å². The maximum Gasteiger partial charge on any atom is 0.306 e. The molecule has 0 aliphatic heterocycles. The fourth-order valence-corrected chi connectivity index (χ4v) is 1.53. The molecule has 0 aromatic carbocycles. The summed E-state index contributed by atoms with van der Waals surface area (Å²) in [4.78, 5) is 11.0. The van der Waals surface area contributed by atoms with Crippen LogP contribution >= 0.6 is 11.8 Å². The summed E-state index contributed by atoms with van der Waals surface area (Å²) in [6, 6.07) is 0. The van der Waals surface area contributed by atoms with E-state index in [0.717, 1.165) is 11.5 Å². The molecule has 0 aliphatic rings. The summed E-state index contributed by atoms with van der Waals surface area (Å²) in [5.41, 5.74) is 0. The highest BCUT2D eigenvalue weighted by atomic mass is 32.2. The van der Waals surface area contributed by atoms with Gasteiger partial charge in [0.2, 0.25) is 0 Å². The SMILES string of the molecule is CCCSCCC(=O)OC(C)C. The van der Waals surface area contributed by atoms with Gasteiger partial charge in [0, 0.05) is 5.75 Å². The first kappa shape index (κ1) is 11.8. The summed E-state index contributed by atoms with van der Waals surface area (Å²) in [5, 5.41) is 0. The van der Waals surface area contributed by atoms with E-state index < -0.39 is 0 Å². The van der Waals surface area contributed by atoms with E-state index in [4.69, 9.17) is 4.74 Å². The van der Waals surface area contributed by atoms with E-state index >= 15 is 0 Å². The second-order valence-electron chi connectivity index (χ2n) is 2.90. The lowest BCUT2D eigenvalue weighted by atomic mass is 10.4. The van der Waals surface area contributed by atoms with Crippen LogP contribution in [0, 0.1) is 0 Å². The Bertz CT molecular complexity index is 124. The van der Waals surface area contributed by atoms with Crippen molar-refractivity contribution >= 4 is 17.7 Å². The molecular formula is C9H18O2S. The number of hydrogen-bond acceptors (Lipinski definition) is 3. The van der Waals surface area contributed by atoms with Crippen molar-refractivity contribution in [2.24, 2.45) is 0 Å². The quantitative estimate of drug-likeness (QED) is 0.475. The van der Waals surface area contributed by atoms with Gasteiger partial charge in [-0.3, -0.25) is 4.79 Å². The number of rotatable bonds is 6. The van der Waals surface area contributed by atoms with Crippen molar-refractivity contribution in [1.29, 1.82) is 0 Å². The van der Waals surface area contributed by atoms with Crippen molar-refractivity contribution in [2.45, 2.75) is 39.7 Å². The van der Waals surface area contributed by atoms with E-state index in [9.17, 15) is 4.79 Å². The minimum absolute atomic E-state index is 0.0219. The number of hydrogen-bond donors (Lipinski definition) is 0. The van der Waals surface area contributed by atoms with Crippen LogP contribution in [0.5, 0.6) is 0 Å². The van der Waals surface area contributed by atoms with E-state index in [1.54, 1.807) is 0 Å². The van der Waals surface area contributed by atoms with Crippen molar-refractivity contribution in [3.05, 3.63) is 0 Å². The molecule has 0 rings (SSSR count). The molecule has 0 amide bonds. The third-order valence-corrected chi connectivity index (χ3v) is 2.36. The number of carbonyl (C=O) groups excluding carboxylic acids is 1. The largest absolute Gasteiger partial charge is 0.463 e. The van der Waals surface area contributed by atoms with Crippen LogP contribution in [0.3, 0.4) is 0 Å². The normalized spacial score (nSPS) is 10.3. The summed E-state index contributed by atoms with van der Waals surface area (Å²) in [6.45, 7) is 5.88. The molecule has 0 saturated carbocycles. The smallest absolute Gasteiger partial charge is 0.306 e. The molecule has 72 valence electrons. The van der Waals surface area contributed by atoms with E-state index in [2.05, 4.69) is 6.92 Å². The van der Waals surface area contributed by atoms with Gasteiger partial charge in [-0.1, -0.05) is 6.92 Å². The fourth-order valence-electron chi connectivity index (χ4n) is 0.724. The van der Waals surface area contributed by atoms with Crippen molar-refractivity contribution in [3.8, 4) is 0 Å². The van der Waals surface area contributed by atoms with Crippen LogP contribution in [0.2, 0.25) is 0 Å². The Morgan fingerprint density at radius 3 is 2.58 bits per heavy atom. The minimum atomic E-state index is -0.0754. The first-order valence-electron chi connectivity index (χ1n) is 4.44. The van der Waals surface area contributed by atoms with Gasteiger partial charge < -0.3 is 4.74 Å². The minimum Gasteiger partial charge on any atom is -0.463 e. The van der Waals surface area contributed by atoms with Crippen LogP contribution in [0.25, 0.3) is 0 Å². The van der Waals surface area contributed by atoms with E-state index in [-0.39, 0.29) is 12.1 Å². The zero-order valence-corrected chi connectivity index (χ0v) is 8.95. The summed E-state index contributed by atoms with van der Waals surface area (Å²) >= 11 is 1.81. The standard InChI is InChI=1S/C9H18O2S/c1-4-6-12-7-5-9(10)11-8(2)3/h8H,4-7H2,1-3H3. The van der Waals surface area contributed by atoms with Crippen LogP contribution in [-0.2, 0) is 9.53 Å². The summed E-state index contributed by atoms with van der Waals surface area (Å²) < 4.78 is 4.98. The van der Waals surface area contributed by atoms with Crippen LogP contribution in [0.1, 0.15) is 33.6 Å². The number of carbonyl (C=O) groups is 1. The molecule has 0 heterocycles. The maximum absolute atomic E-state index is 11.0. The molecule has 0 aliphatic carbocycles. The van der Waals surface area contributed by atoms with Crippen LogP contribution < -0.4 is 0 Å². The van der Waals surface area contributed by atoms with E-state index in [1.807, 2.05) is 25.6 Å². The monoisotopic (exact) mass is 190 g/mol. The molecule has 0 aromatic heterocycles. The Balaban J connectivity index is 3.20. The summed E-state index contributed by atoms with van der Waals surface area (Å²) in [6.07, 6.45) is 1.74. The number of thioether (sulfide) groups is 1. The molecule has 0 fully saturated rings. The third-order valence-electron chi connectivity index (χ3n) is 1.17. The predicted molar refractivity (Wildman–Crippen MR) is 53.5 cm³/mol. The Morgan fingerprint density at radius 1 is 1.42 bits per heavy atom. The number of esters is 1. The lowest BCUT2D eigenvalue weighted by Crippen LogP contribution is -2.11. The van der Waals surface area contributed by atoms with Gasteiger partial charge in [-0.2, -0.15) is 11.8 Å². The molecule has 0 aromatic rings. The molecule has 0 spiro atoms. The Labute approximate surface area is 79.1 Å². The molecule has 0 unspecified atom stereocenters. The van der Waals surface area contributed by atoms with Gasteiger partial charge in [-0.05, 0) is 26.0 Å². The average molecular weight is 190 g/mol. The second-order valence-corrected chi connectivity index (χ2v) is 4.13. The Morgan fingerprint density at radius 2 is 2.08 bits per heavy atom. The van der Waals surface area contributed by atoms with E-state index in [1.165, 1.54) is 6.42 Å². The highest BCUT2D eigenvalue weighted by Gasteiger charge is 2.03. The van der Waals surface area contributed by atoms with Crippen molar-refractivity contribution in [2.75, 3.05) is 11.5 Å². The first-order valence-corrected chi connectivity index (χ1v) is 5.59. The van der Waals surface area contributed by atoms with Crippen molar-refractivity contribution in [3.63, 3.8) is 0 Å². The molecule has 0 bridgehead atoms. The van der Waals surface area contributed by atoms with Gasteiger partial charge in [0.05, 0.1) is 12.5 Å². The van der Waals surface area contributed by atoms with Gasteiger partial charge >= 0.3 is 5.97 Å². The van der Waals surface area contributed by atoms with Crippen LogP contribution in [-0.4, -0.2) is 23.6 Å². The van der Waals surface area contributed by atoms with Gasteiger partial charge in [0.25, 0.3) is 0 Å². The topological polar surface area (TPSA) is 26.3 Å². The highest BCUT2D eigenvalue weighted by molar-refractivity contribution is 7.99. The number of ether oxygens (including phenoxy) is 1. The Hall–Kier alpha value is -0.180. The van der Waals surface area contributed by atoms with Gasteiger partial charge in [0.15, 0.2) is 0 Å². The molecule has 2 nitrogen and oxygen atoms in total. The zero-order valence-electron chi connectivity index (χ0n) is 8.13. The maximum atomic E-state index is 11.0. The predicted octanol–water partition coefficient (Wildman–Crippen LogP) is 2.47. The van der Waals surface area contributed by atoms with Crippen LogP contribution in [0.4, 0.5) is 0 Å². The van der Waals surface area contributed by atoms with Gasteiger partial charge in [-0.25, -0.2) is 0 Å². The lowest BCUT2D eigenvalue weighted by molar-refractivity contribution is -0.146. The molecule has 3 heteroatoms. The molecule has 12 heavy (non-hydrogen) atoms. The van der Waals surface area contributed by atoms with Gasteiger partial charge in [0.1, 0.15) is 0 Å². The Kier molecular flexibility index (Phi) is 7.36. The average Bonchev–Trinajstić information content (AvgIpc) is 1.97. The van der Waals surface area contributed by atoms with E-state index in [0.29, 0.717) is 6.42 Å². The molecule has 0 saturated heterocycles. The summed E-state index contributed by atoms with van der Waals surface area (Å²) in [5.74, 6) is 1.95. The molecule has 0 radical (unpaired) electrons. The highest BCUT2D eigenvalue weighted by Crippen LogP contribution is 2.05. The molecule has 0 atom stereocenters. The second kappa shape index (κ2) is 7.47. The zero-order chi connectivity index (χ0) is 9.40. The van der Waals surface area contributed by atoms with Crippen molar-refractivity contribution < 1.29 is 9.53 Å². The molecule has 0 N–H and O–H groups in total.